The minimum atomic E-state index is -0.721. The van der Waals surface area contributed by atoms with Gasteiger partial charge in [-0.2, -0.15) is 0 Å². The largest absolute Gasteiger partial charge is 0.458 e. The molecule has 0 aliphatic heterocycles. The van der Waals surface area contributed by atoms with Crippen molar-refractivity contribution in [2.45, 2.75) is 117 Å². The summed E-state index contributed by atoms with van der Waals surface area (Å²) >= 11 is 3.90. The molecule has 0 bridgehead atoms. The molecule has 3 fully saturated rings. The van der Waals surface area contributed by atoms with Crippen LogP contribution >= 0.6 is 15.9 Å². The molecule has 0 spiro atoms. The maximum Gasteiger partial charge on any atom is 0.303 e. The van der Waals surface area contributed by atoms with Gasteiger partial charge in [0.2, 0.25) is 0 Å². The molecule has 4 aliphatic rings. The highest BCUT2D eigenvalue weighted by Gasteiger charge is 2.64. The topological polar surface area (TPSA) is 69.7 Å². The van der Waals surface area contributed by atoms with E-state index in [4.69, 9.17) is 9.47 Å². The maximum absolute atomic E-state index is 13.9. The third-order valence-corrected chi connectivity index (χ3v) is 11.8. The van der Waals surface area contributed by atoms with E-state index < -0.39 is 23.6 Å². The van der Waals surface area contributed by atoms with Gasteiger partial charge in [-0.15, -0.1) is 0 Å². The van der Waals surface area contributed by atoms with Crippen molar-refractivity contribution < 1.29 is 23.9 Å². The summed E-state index contributed by atoms with van der Waals surface area (Å²) in [7, 11) is 0. The number of alkyl halides is 1. The first-order valence-corrected chi connectivity index (χ1v) is 15.5. The lowest BCUT2D eigenvalue weighted by molar-refractivity contribution is -0.168. The summed E-state index contributed by atoms with van der Waals surface area (Å²) < 4.78 is 11.2. The SMILES string of the molecule is CC(=O)O[C@H]1C=C2C(=O)[C@@H](Br)[C@H]3[C@@H]4CC[C@H]([C@H](C)CCCC(C)C)[C@@]4(C)CC[C@@H]3[C@@]2(C)C[C@H]1OC(C)=O. The van der Waals surface area contributed by atoms with Crippen LogP contribution in [0.5, 0.6) is 0 Å². The van der Waals surface area contributed by atoms with Crippen molar-refractivity contribution in [1.82, 2.24) is 0 Å². The van der Waals surface area contributed by atoms with Gasteiger partial charge in [-0.05, 0) is 79.1 Å². The molecule has 0 unspecified atom stereocenters. The fraction of sp³-hybridized carbons (Fsp3) is 0.839. The van der Waals surface area contributed by atoms with Crippen molar-refractivity contribution in [2.24, 2.45) is 46.3 Å². The fourth-order valence-corrected chi connectivity index (χ4v) is 10.1. The zero-order valence-corrected chi connectivity index (χ0v) is 25.4. The third kappa shape index (κ3) is 5.22. The zero-order chi connectivity index (χ0) is 27.3. The molecule has 3 saturated carbocycles. The van der Waals surface area contributed by atoms with Crippen LogP contribution in [0.15, 0.2) is 11.6 Å². The molecule has 208 valence electrons. The molecular formula is C31H47BrO5. The molecule has 0 saturated heterocycles. The monoisotopic (exact) mass is 578 g/mol. The highest BCUT2D eigenvalue weighted by molar-refractivity contribution is 9.10. The van der Waals surface area contributed by atoms with Gasteiger partial charge >= 0.3 is 11.9 Å². The zero-order valence-electron chi connectivity index (χ0n) is 23.8. The summed E-state index contributed by atoms with van der Waals surface area (Å²) in [5, 5.41) is 0. The summed E-state index contributed by atoms with van der Waals surface area (Å²) in [5.74, 6) is 2.57. The van der Waals surface area contributed by atoms with Crippen LogP contribution in [0.25, 0.3) is 0 Å². The molecule has 0 N–H and O–H groups in total. The van der Waals surface area contributed by atoms with E-state index in [0.29, 0.717) is 30.1 Å². The molecule has 0 radical (unpaired) electrons. The number of ether oxygens (including phenoxy) is 2. The van der Waals surface area contributed by atoms with Gasteiger partial charge in [0.15, 0.2) is 11.9 Å². The van der Waals surface area contributed by atoms with Crippen LogP contribution in [-0.2, 0) is 23.9 Å². The first-order chi connectivity index (χ1) is 17.3. The van der Waals surface area contributed by atoms with E-state index in [-0.39, 0.29) is 27.9 Å². The third-order valence-electron chi connectivity index (χ3n) is 10.8. The Morgan fingerprint density at radius 3 is 2.32 bits per heavy atom. The first kappa shape index (κ1) is 28.8. The van der Waals surface area contributed by atoms with Crippen molar-refractivity contribution in [3.8, 4) is 0 Å². The number of fused-ring (bicyclic) bond motifs is 5. The number of halogens is 1. The van der Waals surface area contributed by atoms with Crippen LogP contribution in [0, 0.1) is 46.3 Å². The summed E-state index contributed by atoms with van der Waals surface area (Å²) in [6.07, 6.45) is 9.61. The molecule has 5 nitrogen and oxygen atoms in total. The summed E-state index contributed by atoms with van der Waals surface area (Å²) in [6.45, 7) is 14.5. The van der Waals surface area contributed by atoms with Crippen molar-refractivity contribution >= 4 is 33.7 Å². The first-order valence-electron chi connectivity index (χ1n) is 14.5. The van der Waals surface area contributed by atoms with Crippen LogP contribution in [0.4, 0.5) is 0 Å². The second-order valence-corrected chi connectivity index (χ2v) is 14.5. The Morgan fingerprint density at radius 1 is 1.03 bits per heavy atom. The van der Waals surface area contributed by atoms with Gasteiger partial charge in [0.05, 0.1) is 4.83 Å². The fourth-order valence-electron chi connectivity index (χ4n) is 9.14. The molecule has 4 aliphatic carbocycles. The highest BCUT2D eigenvalue weighted by atomic mass is 79.9. The minimum Gasteiger partial charge on any atom is -0.458 e. The normalized spacial score (nSPS) is 41.8. The number of carbonyl (C=O) groups is 3. The lowest BCUT2D eigenvalue weighted by atomic mass is 9.46. The molecule has 0 aromatic rings. The average molecular weight is 580 g/mol. The van der Waals surface area contributed by atoms with E-state index in [2.05, 4.69) is 50.5 Å². The van der Waals surface area contributed by atoms with E-state index in [0.717, 1.165) is 17.9 Å². The predicted octanol–water partition coefficient (Wildman–Crippen LogP) is 7.05. The van der Waals surface area contributed by atoms with Gasteiger partial charge in [0, 0.05) is 24.8 Å². The van der Waals surface area contributed by atoms with Gasteiger partial charge in [0.1, 0.15) is 6.10 Å². The molecular weight excluding hydrogens is 532 g/mol. The van der Waals surface area contributed by atoms with Crippen molar-refractivity contribution in [1.29, 1.82) is 0 Å². The molecule has 0 aromatic carbocycles. The number of rotatable bonds is 7. The van der Waals surface area contributed by atoms with Crippen LogP contribution in [0.3, 0.4) is 0 Å². The number of ketones is 1. The van der Waals surface area contributed by atoms with E-state index in [1.807, 2.05) is 0 Å². The number of esters is 2. The van der Waals surface area contributed by atoms with Crippen LogP contribution < -0.4 is 0 Å². The van der Waals surface area contributed by atoms with E-state index in [9.17, 15) is 14.4 Å². The second-order valence-electron chi connectivity index (χ2n) is 13.5. The average Bonchev–Trinajstić information content (AvgIpc) is 3.14. The molecule has 4 rings (SSSR count). The van der Waals surface area contributed by atoms with Crippen LogP contribution in [0.1, 0.15) is 99.8 Å². The van der Waals surface area contributed by atoms with E-state index >= 15 is 0 Å². The Hall–Kier alpha value is -1.17. The van der Waals surface area contributed by atoms with Gasteiger partial charge in [-0.25, -0.2) is 0 Å². The molecule has 10 atom stereocenters. The molecule has 0 heterocycles. The summed E-state index contributed by atoms with van der Waals surface area (Å²) in [4.78, 5) is 37.5. The minimum absolute atomic E-state index is 0.125. The van der Waals surface area contributed by atoms with Crippen molar-refractivity contribution in [3.05, 3.63) is 11.6 Å². The molecule has 0 amide bonds. The Bertz CT molecular complexity index is 942. The maximum atomic E-state index is 13.9. The van der Waals surface area contributed by atoms with Gasteiger partial charge in [0.25, 0.3) is 0 Å². The van der Waals surface area contributed by atoms with Crippen LogP contribution in [-0.4, -0.2) is 34.8 Å². The summed E-state index contributed by atoms with van der Waals surface area (Å²) in [6, 6.07) is 0. The Kier molecular flexibility index (Phi) is 8.39. The van der Waals surface area contributed by atoms with Gasteiger partial charge in [-0.1, -0.05) is 69.8 Å². The highest BCUT2D eigenvalue weighted by Crippen LogP contribution is 2.68. The number of hydrogen-bond donors (Lipinski definition) is 0. The van der Waals surface area contributed by atoms with E-state index in [1.165, 1.54) is 52.4 Å². The second kappa shape index (κ2) is 10.8. The Labute approximate surface area is 232 Å². The van der Waals surface area contributed by atoms with E-state index in [1.54, 1.807) is 6.08 Å². The van der Waals surface area contributed by atoms with Crippen molar-refractivity contribution in [3.63, 3.8) is 0 Å². The lowest BCUT2D eigenvalue weighted by Gasteiger charge is -2.60. The Morgan fingerprint density at radius 2 is 1.70 bits per heavy atom. The molecule has 37 heavy (non-hydrogen) atoms. The van der Waals surface area contributed by atoms with Gasteiger partial charge in [-0.3, -0.25) is 14.4 Å². The lowest BCUT2D eigenvalue weighted by Crippen LogP contribution is -2.59. The predicted molar refractivity (Wildman–Crippen MR) is 148 cm³/mol. The van der Waals surface area contributed by atoms with Crippen molar-refractivity contribution in [2.75, 3.05) is 0 Å². The smallest absolute Gasteiger partial charge is 0.303 e. The Balaban J connectivity index is 1.63. The number of carbonyl (C=O) groups excluding carboxylic acids is 3. The summed E-state index contributed by atoms with van der Waals surface area (Å²) in [5.41, 5.74) is 0.614. The number of Topliss-reactive ketones (excluding diaryl/α,β-unsaturated/α-hetero) is 1. The number of allylic oxidation sites excluding steroid dienone is 1. The number of hydrogen-bond acceptors (Lipinski definition) is 5. The van der Waals surface area contributed by atoms with Crippen LogP contribution in [0.2, 0.25) is 0 Å². The molecule has 6 heteroatoms. The van der Waals surface area contributed by atoms with Gasteiger partial charge < -0.3 is 9.47 Å². The molecule has 0 aromatic heterocycles. The quantitative estimate of drug-likeness (QED) is 0.239. The standard InChI is InChI=1S/C31H47BrO5/c1-17(2)9-8-10-18(3)21-11-12-22-27-23(13-14-30(21,22)6)31(7)16-26(37-20(5)34)25(36-19(4)33)15-24(31)29(35)28(27)32/h15,17-18,21-23,25-28H,8-14,16H2,1-7H3/t18-,21-,22+,23+,25+,26-,27+,28+,30-,31-/m1/s1.